The van der Waals surface area contributed by atoms with Gasteiger partial charge in [0.05, 0.1) is 41.7 Å². The van der Waals surface area contributed by atoms with Crippen molar-refractivity contribution in [2.75, 3.05) is 37.9 Å². The van der Waals surface area contributed by atoms with Crippen molar-refractivity contribution in [1.29, 1.82) is 0 Å². The number of primary amides is 1. The van der Waals surface area contributed by atoms with Gasteiger partial charge < -0.3 is 45.1 Å². The van der Waals surface area contributed by atoms with Crippen molar-refractivity contribution in [3.05, 3.63) is 52.1 Å². The highest BCUT2D eigenvalue weighted by molar-refractivity contribution is 8.00. The molecular weight excluding hydrogens is 910 g/mol. The fourth-order valence-corrected chi connectivity index (χ4v) is 11.0. The summed E-state index contributed by atoms with van der Waals surface area (Å²) in [5, 5.41) is 34.4. The summed E-state index contributed by atoms with van der Waals surface area (Å²) >= 11 is 7.96. The second-order valence-corrected chi connectivity index (χ2v) is 20.6. The number of carbonyl (C=O) groups is 7. The van der Waals surface area contributed by atoms with Crippen LogP contribution in [0.15, 0.2) is 35.9 Å². The standard InChI is InChI=1S/C47H64ClN5O13S/c1-25-8-7-9-32(24-55)47(63)21-34(64-45(62)50-47)26(2)41-46(4,66-41)36(20-38(57)52(6)33-18-29(16-25)17-31(23-54)40(33)48)65-44(61)27(3)51(5)37(56)14-15-67-35-19-39(58)53(43(35)60)22-28-10-12-30(13-11-28)42(49)59/h7-9,17-18,26-28,30,32,34-36,41,54-55,63H,10-16,19-24H2,1-6H3,(H2,49,59)(H,50,62)/b9-7+,25-8+/t26-,27-,28?,30?,32+,34+,35?,36+,41+,46+,47+/m1/s1. The van der Waals surface area contributed by atoms with Crippen LogP contribution in [0.3, 0.4) is 0 Å². The second-order valence-electron chi connectivity index (χ2n) is 18.9. The van der Waals surface area contributed by atoms with Gasteiger partial charge in [-0.25, -0.2) is 9.59 Å². The number of halogens is 1. The van der Waals surface area contributed by atoms with Gasteiger partial charge in [-0.3, -0.25) is 34.2 Å². The number of aliphatic hydroxyl groups excluding tert-OH is 2. The zero-order chi connectivity index (χ0) is 49.1. The average molecular weight is 975 g/mol. The SMILES string of the molecule is C/C1=C\C=C\[C@@H](CO)[C@@]2(O)C[C@H](OC(=O)N2)[C@@H](C)[C@@H]2O[C@@]2(C)[C@@H](OC(=O)[C@@H](C)N(C)C(=O)CCSC2CC(=O)N(CC3CCC(C(N)=O)CC3)C2=O)CC(=O)N(C)c2cc(cc(CO)c2Cl)C1. The van der Waals surface area contributed by atoms with E-state index in [1.807, 2.05) is 6.92 Å². The van der Waals surface area contributed by atoms with Crippen LogP contribution in [0.4, 0.5) is 10.5 Å². The first-order valence-electron chi connectivity index (χ1n) is 22.8. The third-order valence-corrected chi connectivity index (χ3v) is 15.9. The number of rotatable bonds is 12. The Hall–Kier alpha value is -4.53. The van der Waals surface area contributed by atoms with Gasteiger partial charge >= 0.3 is 12.1 Å². The topological polar surface area (TPSA) is 259 Å². The van der Waals surface area contributed by atoms with Crippen molar-refractivity contribution in [1.82, 2.24) is 15.1 Å². The lowest BCUT2D eigenvalue weighted by Crippen LogP contribution is -2.62. The maximum Gasteiger partial charge on any atom is 0.409 e. The molecular formula is C47H64ClN5O13S. The number of nitrogens with zero attached hydrogens (tertiary/aromatic N) is 3. The van der Waals surface area contributed by atoms with Crippen molar-refractivity contribution in [2.45, 2.75) is 133 Å². The molecule has 0 aromatic heterocycles. The van der Waals surface area contributed by atoms with Gasteiger partial charge in [0, 0.05) is 63.4 Å². The fraction of sp³-hybridized carbons (Fsp3) is 0.638. The maximum absolute atomic E-state index is 14.3. The molecule has 20 heteroatoms. The van der Waals surface area contributed by atoms with Crippen molar-refractivity contribution >= 4 is 70.6 Å². The molecule has 368 valence electrons. The molecule has 9 atom stereocenters. The molecule has 1 aromatic carbocycles. The molecule has 6 N–H and O–H groups in total. The number of likely N-dealkylation sites (tertiary alicyclic amines) is 1. The minimum absolute atomic E-state index is 0.0152. The van der Waals surface area contributed by atoms with E-state index in [9.17, 15) is 48.9 Å². The highest BCUT2D eigenvalue weighted by Crippen LogP contribution is 2.49. The average Bonchev–Trinajstić information content (AvgIpc) is 3.91. The number of nitrogens with two attached hydrogens (primary N) is 1. The first-order chi connectivity index (χ1) is 31.6. The zero-order valence-corrected chi connectivity index (χ0v) is 40.5. The van der Waals surface area contributed by atoms with E-state index in [-0.39, 0.29) is 66.1 Å². The van der Waals surface area contributed by atoms with Gasteiger partial charge in [0.15, 0.2) is 5.72 Å². The highest BCUT2D eigenvalue weighted by atomic mass is 35.5. The molecule has 1 aliphatic carbocycles. The predicted molar refractivity (Wildman–Crippen MR) is 247 cm³/mol. The molecule has 18 nitrogen and oxygen atoms in total. The van der Waals surface area contributed by atoms with Gasteiger partial charge in [-0.2, -0.15) is 0 Å². The number of alkyl carbamates (subject to hydrolysis) is 1. The summed E-state index contributed by atoms with van der Waals surface area (Å²) in [6.45, 7) is 6.10. The van der Waals surface area contributed by atoms with Gasteiger partial charge in [-0.1, -0.05) is 48.4 Å². The molecule has 6 rings (SSSR count). The number of anilines is 1. The first kappa shape index (κ1) is 51.9. The molecule has 4 aliphatic heterocycles. The smallest absolute Gasteiger partial charge is 0.409 e. The molecule has 6 amide bonds. The van der Waals surface area contributed by atoms with E-state index in [0.717, 1.165) is 11.1 Å². The van der Waals surface area contributed by atoms with Crippen LogP contribution in [0.2, 0.25) is 5.02 Å². The number of amides is 6. The summed E-state index contributed by atoms with van der Waals surface area (Å²) in [4.78, 5) is 96.3. The lowest BCUT2D eigenvalue weighted by Gasteiger charge is -2.42. The predicted octanol–water partition coefficient (Wildman–Crippen LogP) is 3.13. The summed E-state index contributed by atoms with van der Waals surface area (Å²) in [6, 6.07) is 2.31. The Morgan fingerprint density at radius 2 is 1.81 bits per heavy atom. The van der Waals surface area contributed by atoms with Crippen LogP contribution in [0, 0.1) is 23.7 Å². The van der Waals surface area contributed by atoms with E-state index in [1.54, 1.807) is 44.2 Å². The molecule has 4 fully saturated rings. The number of allylic oxidation sites excluding steroid dienone is 3. The number of thioether (sulfide) groups is 1. The largest absolute Gasteiger partial charge is 0.457 e. The first-order valence-corrected chi connectivity index (χ1v) is 24.3. The Morgan fingerprint density at radius 1 is 1.10 bits per heavy atom. The molecule has 3 saturated heterocycles. The number of hydrogen-bond donors (Lipinski definition) is 5. The Bertz CT molecular complexity index is 2170. The number of ether oxygens (including phenoxy) is 3. The number of esters is 1. The van der Waals surface area contributed by atoms with Crippen LogP contribution in [0.25, 0.3) is 0 Å². The third kappa shape index (κ3) is 11.7. The van der Waals surface area contributed by atoms with Crippen molar-refractivity contribution in [3.63, 3.8) is 0 Å². The summed E-state index contributed by atoms with van der Waals surface area (Å²) in [6.07, 6.45) is 3.61. The Balaban J connectivity index is 1.16. The van der Waals surface area contributed by atoms with E-state index in [1.165, 1.54) is 47.5 Å². The Kier molecular flexibility index (Phi) is 16.6. The van der Waals surface area contributed by atoms with Crippen molar-refractivity contribution in [3.8, 4) is 0 Å². The number of carbonyl (C=O) groups excluding carboxylic acids is 7. The van der Waals surface area contributed by atoms with E-state index in [4.69, 9.17) is 31.5 Å². The monoisotopic (exact) mass is 973 g/mol. The van der Waals surface area contributed by atoms with E-state index in [2.05, 4.69) is 5.32 Å². The van der Waals surface area contributed by atoms with E-state index >= 15 is 0 Å². The Labute approximate surface area is 399 Å². The van der Waals surface area contributed by atoms with Gasteiger partial charge in [0.2, 0.25) is 29.5 Å². The van der Waals surface area contributed by atoms with E-state index in [0.29, 0.717) is 43.4 Å². The summed E-state index contributed by atoms with van der Waals surface area (Å²) in [5.41, 5.74) is 4.46. The van der Waals surface area contributed by atoms with Gasteiger partial charge in [0.1, 0.15) is 23.9 Å². The van der Waals surface area contributed by atoms with Gasteiger partial charge in [-0.15, -0.1) is 11.8 Å². The number of benzene rings is 1. The number of imide groups is 1. The molecule has 0 radical (unpaired) electrons. The molecule has 4 bridgehead atoms. The summed E-state index contributed by atoms with van der Waals surface area (Å²) < 4.78 is 18.0. The minimum atomic E-state index is -1.91. The number of likely N-dealkylation sites (N-methyl/N-ethyl adjacent to an activating group) is 1. The molecule has 1 unspecified atom stereocenters. The minimum Gasteiger partial charge on any atom is -0.457 e. The molecule has 5 aliphatic rings. The second kappa shape index (κ2) is 21.4. The van der Waals surface area contributed by atoms with E-state index < -0.39 is 96.3 Å². The lowest BCUT2D eigenvalue weighted by molar-refractivity contribution is -0.162. The summed E-state index contributed by atoms with van der Waals surface area (Å²) in [7, 11) is 2.95. The van der Waals surface area contributed by atoms with Gasteiger partial charge in [-0.05, 0) is 76.0 Å². The van der Waals surface area contributed by atoms with Crippen LogP contribution in [-0.4, -0.2) is 141 Å². The number of fused-ring (bicyclic) bond motifs is 5. The zero-order valence-electron chi connectivity index (χ0n) is 38.9. The maximum atomic E-state index is 14.3. The number of epoxide rings is 1. The Morgan fingerprint density at radius 3 is 2.46 bits per heavy atom. The quantitative estimate of drug-likeness (QED) is 0.115. The normalized spacial score (nSPS) is 33.1. The van der Waals surface area contributed by atoms with Crippen LogP contribution in [0.1, 0.15) is 90.2 Å². The van der Waals surface area contributed by atoms with Crippen molar-refractivity contribution in [2.24, 2.45) is 29.4 Å². The number of aliphatic hydroxyl groups is 3. The number of nitrogens with one attached hydrogen (secondary N) is 1. The molecule has 4 heterocycles. The van der Waals surface area contributed by atoms with Crippen LogP contribution >= 0.6 is 23.4 Å². The molecule has 1 aromatic rings. The van der Waals surface area contributed by atoms with Crippen LogP contribution in [0.5, 0.6) is 0 Å². The van der Waals surface area contributed by atoms with Crippen LogP contribution in [-0.2, 0) is 56.0 Å². The molecule has 67 heavy (non-hydrogen) atoms. The van der Waals surface area contributed by atoms with Crippen molar-refractivity contribution < 1.29 is 63.1 Å². The number of hydrogen-bond acceptors (Lipinski definition) is 14. The lowest BCUT2D eigenvalue weighted by atomic mass is 9.81. The molecule has 1 saturated carbocycles. The molecule has 0 spiro atoms. The van der Waals surface area contributed by atoms with Gasteiger partial charge in [0.25, 0.3) is 0 Å². The highest BCUT2D eigenvalue weighted by Gasteiger charge is 2.64. The fourth-order valence-electron chi connectivity index (χ4n) is 9.63. The van der Waals surface area contributed by atoms with Crippen LogP contribution < -0.4 is 16.0 Å². The summed E-state index contributed by atoms with van der Waals surface area (Å²) in [5.74, 6) is -4.15. The third-order valence-electron chi connectivity index (χ3n) is 14.3.